The fourth-order valence-electron chi connectivity index (χ4n) is 1.43. The maximum Gasteiger partial charge on any atom is 0.323 e. The minimum atomic E-state index is -0.538. The van der Waals surface area contributed by atoms with Crippen LogP contribution in [0, 0.1) is 11.6 Å². The molecule has 2 aromatic rings. The Labute approximate surface area is 116 Å². The largest absolute Gasteiger partial charge is 0.323 e. The molecule has 3 nitrogen and oxygen atoms in total. The molecule has 2 amide bonds. The van der Waals surface area contributed by atoms with Crippen molar-refractivity contribution in [2.45, 2.75) is 0 Å². The van der Waals surface area contributed by atoms with Crippen LogP contribution in [0.3, 0.4) is 0 Å². The van der Waals surface area contributed by atoms with Gasteiger partial charge in [-0.15, -0.1) is 0 Å². The summed E-state index contributed by atoms with van der Waals surface area (Å²) in [6.07, 6.45) is 0. The van der Waals surface area contributed by atoms with Crippen LogP contribution in [-0.2, 0) is 0 Å². The van der Waals surface area contributed by atoms with E-state index in [-0.39, 0.29) is 4.47 Å². The van der Waals surface area contributed by atoms with Gasteiger partial charge in [-0.3, -0.25) is 0 Å². The summed E-state index contributed by atoms with van der Waals surface area (Å²) >= 11 is 3.02. The van der Waals surface area contributed by atoms with Crippen molar-refractivity contribution in [3.05, 3.63) is 58.6 Å². The number of halogens is 3. The SMILES string of the molecule is O=C(Nc1cccc(F)c1)Nc1ccc(F)c(Br)c1. The van der Waals surface area contributed by atoms with Gasteiger partial charge in [0.05, 0.1) is 4.47 Å². The number of hydrogen-bond donors (Lipinski definition) is 2. The number of carbonyl (C=O) groups is 1. The molecular weight excluding hydrogens is 318 g/mol. The van der Waals surface area contributed by atoms with Crippen molar-refractivity contribution in [1.82, 2.24) is 0 Å². The minimum absolute atomic E-state index is 0.246. The summed E-state index contributed by atoms with van der Waals surface area (Å²) in [5.41, 5.74) is 0.751. The first-order valence-corrected chi connectivity index (χ1v) is 6.12. The van der Waals surface area contributed by atoms with Crippen molar-refractivity contribution in [3.8, 4) is 0 Å². The average molecular weight is 327 g/mol. The highest BCUT2D eigenvalue weighted by Crippen LogP contribution is 2.20. The van der Waals surface area contributed by atoms with Crippen LogP contribution in [0.5, 0.6) is 0 Å². The molecule has 2 aromatic carbocycles. The Hall–Kier alpha value is -1.95. The normalized spacial score (nSPS) is 10.1. The van der Waals surface area contributed by atoms with Crippen LogP contribution in [0.2, 0.25) is 0 Å². The van der Waals surface area contributed by atoms with Gasteiger partial charge in [0.2, 0.25) is 0 Å². The van der Waals surface area contributed by atoms with E-state index in [9.17, 15) is 13.6 Å². The summed E-state index contributed by atoms with van der Waals surface area (Å²) in [7, 11) is 0. The minimum Gasteiger partial charge on any atom is -0.308 e. The van der Waals surface area contributed by atoms with Gasteiger partial charge in [0.15, 0.2) is 0 Å². The average Bonchev–Trinajstić information content (AvgIpc) is 2.34. The van der Waals surface area contributed by atoms with Gasteiger partial charge in [-0.05, 0) is 52.3 Å². The van der Waals surface area contributed by atoms with Gasteiger partial charge in [-0.2, -0.15) is 0 Å². The highest BCUT2D eigenvalue weighted by molar-refractivity contribution is 9.10. The van der Waals surface area contributed by atoms with Crippen molar-refractivity contribution < 1.29 is 13.6 Å². The van der Waals surface area contributed by atoms with E-state index in [0.717, 1.165) is 0 Å². The van der Waals surface area contributed by atoms with Crippen LogP contribution < -0.4 is 10.6 Å². The lowest BCUT2D eigenvalue weighted by Gasteiger charge is -2.08. The second kappa shape index (κ2) is 5.79. The number of nitrogens with one attached hydrogen (secondary N) is 2. The highest BCUT2D eigenvalue weighted by Gasteiger charge is 2.05. The fraction of sp³-hybridized carbons (Fsp3) is 0. The third kappa shape index (κ3) is 3.75. The number of carbonyl (C=O) groups excluding carboxylic acids is 1. The lowest BCUT2D eigenvalue weighted by Crippen LogP contribution is -2.19. The molecule has 0 aromatic heterocycles. The van der Waals surface area contributed by atoms with Crippen LogP contribution in [-0.4, -0.2) is 6.03 Å². The molecule has 0 aliphatic rings. The van der Waals surface area contributed by atoms with E-state index in [2.05, 4.69) is 26.6 Å². The van der Waals surface area contributed by atoms with Crippen molar-refractivity contribution >= 4 is 33.3 Å². The Morgan fingerprint density at radius 3 is 2.32 bits per heavy atom. The topological polar surface area (TPSA) is 41.1 Å². The Morgan fingerprint density at radius 2 is 1.68 bits per heavy atom. The Kier molecular flexibility index (Phi) is 4.11. The summed E-state index contributed by atoms with van der Waals surface area (Å²) in [6, 6.07) is 9.06. The van der Waals surface area contributed by atoms with E-state index in [4.69, 9.17) is 0 Å². The van der Waals surface area contributed by atoms with Gasteiger partial charge < -0.3 is 10.6 Å². The molecule has 98 valence electrons. The Balaban J connectivity index is 2.03. The van der Waals surface area contributed by atoms with Crippen molar-refractivity contribution in [1.29, 1.82) is 0 Å². The second-order valence-electron chi connectivity index (χ2n) is 3.72. The van der Waals surface area contributed by atoms with E-state index < -0.39 is 17.7 Å². The van der Waals surface area contributed by atoms with E-state index in [1.54, 1.807) is 6.07 Å². The molecule has 0 bridgehead atoms. The summed E-state index contributed by atoms with van der Waals surface area (Å²) in [4.78, 5) is 11.6. The number of rotatable bonds is 2. The van der Waals surface area contributed by atoms with Gasteiger partial charge in [-0.1, -0.05) is 6.07 Å². The number of urea groups is 1. The molecule has 0 aliphatic heterocycles. The zero-order valence-corrected chi connectivity index (χ0v) is 11.2. The summed E-state index contributed by atoms with van der Waals surface area (Å²) in [5, 5.41) is 4.97. The summed E-state index contributed by atoms with van der Waals surface area (Å²) in [5.74, 6) is -0.863. The van der Waals surface area contributed by atoms with Crippen LogP contribution in [0.4, 0.5) is 25.0 Å². The van der Waals surface area contributed by atoms with Crippen molar-refractivity contribution in [2.24, 2.45) is 0 Å². The first kappa shape index (κ1) is 13.5. The van der Waals surface area contributed by atoms with Crippen LogP contribution in [0.1, 0.15) is 0 Å². The van der Waals surface area contributed by atoms with E-state index in [1.807, 2.05) is 0 Å². The Morgan fingerprint density at radius 1 is 1.00 bits per heavy atom. The molecule has 2 rings (SSSR count). The maximum atomic E-state index is 13.0. The molecule has 0 radical (unpaired) electrons. The Bertz CT molecular complexity index is 619. The molecule has 0 saturated heterocycles. The standard InChI is InChI=1S/C13H9BrF2N2O/c14-11-7-10(4-5-12(11)16)18-13(19)17-9-3-1-2-8(15)6-9/h1-7H,(H2,17,18,19). The molecule has 19 heavy (non-hydrogen) atoms. The van der Waals surface area contributed by atoms with E-state index in [0.29, 0.717) is 11.4 Å². The zero-order chi connectivity index (χ0) is 13.8. The molecule has 0 unspecified atom stereocenters. The van der Waals surface area contributed by atoms with Crippen LogP contribution in [0.15, 0.2) is 46.9 Å². The molecule has 0 atom stereocenters. The third-order valence-electron chi connectivity index (χ3n) is 2.26. The van der Waals surface area contributed by atoms with Gasteiger partial charge in [0.25, 0.3) is 0 Å². The third-order valence-corrected chi connectivity index (χ3v) is 2.87. The number of benzene rings is 2. The predicted molar refractivity (Wildman–Crippen MR) is 73.1 cm³/mol. The van der Waals surface area contributed by atoms with Gasteiger partial charge in [0.1, 0.15) is 11.6 Å². The molecule has 0 saturated carbocycles. The number of anilines is 2. The van der Waals surface area contributed by atoms with Crippen LogP contribution >= 0.6 is 15.9 Å². The number of hydrogen-bond acceptors (Lipinski definition) is 1. The van der Waals surface area contributed by atoms with E-state index in [1.165, 1.54) is 36.4 Å². The predicted octanol–water partition coefficient (Wildman–Crippen LogP) is 4.37. The molecule has 0 heterocycles. The van der Waals surface area contributed by atoms with E-state index >= 15 is 0 Å². The molecule has 0 spiro atoms. The van der Waals surface area contributed by atoms with Crippen LogP contribution in [0.25, 0.3) is 0 Å². The lowest BCUT2D eigenvalue weighted by atomic mass is 10.3. The van der Waals surface area contributed by atoms with Gasteiger partial charge >= 0.3 is 6.03 Å². The van der Waals surface area contributed by atoms with Gasteiger partial charge in [0, 0.05) is 11.4 Å². The molecule has 6 heteroatoms. The fourth-order valence-corrected chi connectivity index (χ4v) is 1.81. The molecule has 0 fully saturated rings. The number of amides is 2. The summed E-state index contributed by atoms with van der Waals surface area (Å²) in [6.45, 7) is 0. The zero-order valence-electron chi connectivity index (χ0n) is 9.58. The second-order valence-corrected chi connectivity index (χ2v) is 4.57. The molecule has 2 N–H and O–H groups in total. The lowest BCUT2D eigenvalue weighted by molar-refractivity contribution is 0.262. The first-order valence-electron chi connectivity index (χ1n) is 5.33. The quantitative estimate of drug-likeness (QED) is 0.845. The monoisotopic (exact) mass is 326 g/mol. The summed E-state index contributed by atoms with van der Waals surface area (Å²) < 4.78 is 26.2. The molecular formula is C13H9BrF2N2O. The van der Waals surface area contributed by atoms with Gasteiger partial charge in [-0.25, -0.2) is 13.6 Å². The molecule has 0 aliphatic carbocycles. The first-order chi connectivity index (χ1) is 9.04. The van der Waals surface area contributed by atoms with Crippen molar-refractivity contribution in [2.75, 3.05) is 10.6 Å². The smallest absolute Gasteiger partial charge is 0.308 e. The van der Waals surface area contributed by atoms with Crippen molar-refractivity contribution in [3.63, 3.8) is 0 Å². The maximum absolute atomic E-state index is 13.0. The highest BCUT2D eigenvalue weighted by atomic mass is 79.9.